The summed E-state index contributed by atoms with van der Waals surface area (Å²) in [6.07, 6.45) is -6.91. The molecule has 0 bridgehead atoms. The molecule has 5 rings (SSSR count). The summed E-state index contributed by atoms with van der Waals surface area (Å²) in [6, 6.07) is 11.6. The molecule has 2 aromatic carbocycles. The Morgan fingerprint density at radius 1 is 0.730 bits per heavy atom. The van der Waals surface area contributed by atoms with Crippen molar-refractivity contribution < 1.29 is 31.1 Å². The number of amides is 1. The van der Waals surface area contributed by atoms with Crippen LogP contribution in [0.5, 0.6) is 0 Å². The first-order chi connectivity index (χ1) is 17.5. The van der Waals surface area contributed by atoms with E-state index in [1.807, 2.05) is 30.3 Å². The number of hydrogen-bond acceptors (Lipinski definition) is 3. The second-order valence-electron chi connectivity index (χ2n) is 10.2. The van der Waals surface area contributed by atoms with E-state index >= 15 is 0 Å². The molecule has 0 spiro atoms. The van der Waals surface area contributed by atoms with Crippen LogP contribution in [0.25, 0.3) is 0 Å². The van der Waals surface area contributed by atoms with Gasteiger partial charge in [-0.25, -0.2) is 0 Å². The molecule has 200 valence electrons. The number of nitrogens with zero attached hydrogens (tertiary/aromatic N) is 3. The Bertz CT molecular complexity index is 1080. The maximum Gasteiger partial charge on any atom is 0.416 e. The quantitative estimate of drug-likeness (QED) is 0.493. The van der Waals surface area contributed by atoms with Gasteiger partial charge in [0.1, 0.15) is 0 Å². The molecule has 2 unspecified atom stereocenters. The Morgan fingerprint density at radius 3 is 1.84 bits per heavy atom. The Kier molecular flexibility index (Phi) is 7.00. The predicted octanol–water partition coefficient (Wildman–Crippen LogP) is 5.50. The maximum absolute atomic E-state index is 13.4. The molecular formula is C27H29F6N3O. The van der Waals surface area contributed by atoms with Crippen LogP contribution in [-0.2, 0) is 12.4 Å². The average Bonchev–Trinajstić information content (AvgIpc) is 3.73. The van der Waals surface area contributed by atoms with Crippen LogP contribution in [0.4, 0.5) is 26.3 Å². The van der Waals surface area contributed by atoms with Crippen molar-refractivity contribution in [2.45, 2.75) is 49.6 Å². The topological polar surface area (TPSA) is 26.8 Å². The van der Waals surface area contributed by atoms with E-state index in [0.29, 0.717) is 24.6 Å². The third kappa shape index (κ3) is 5.80. The number of hydrogen-bond donors (Lipinski definition) is 0. The fraction of sp³-hybridized carbons (Fsp3) is 0.519. The van der Waals surface area contributed by atoms with E-state index in [-0.39, 0.29) is 31.1 Å². The Hall–Kier alpha value is -2.59. The summed E-state index contributed by atoms with van der Waals surface area (Å²) in [4.78, 5) is 19.7. The zero-order valence-electron chi connectivity index (χ0n) is 20.2. The summed E-state index contributed by atoms with van der Waals surface area (Å²) in [5.41, 5.74) is -2.54. The molecule has 2 atom stereocenters. The first kappa shape index (κ1) is 26.0. The summed E-state index contributed by atoms with van der Waals surface area (Å²) in [7, 11) is 0. The summed E-state index contributed by atoms with van der Waals surface area (Å²) in [5.74, 6) is -0.909. The SMILES string of the molecule is O=C(c1cc(C(F)(F)F)cc(C(F)(F)F)c1)N1CCC(N2CCN(C3CC3)CC2)C(c2ccccc2)C1. The van der Waals surface area contributed by atoms with Crippen molar-refractivity contribution in [1.82, 2.24) is 14.7 Å². The minimum Gasteiger partial charge on any atom is -0.338 e. The Balaban J connectivity index is 1.39. The number of likely N-dealkylation sites (tertiary alicyclic amines) is 1. The highest BCUT2D eigenvalue weighted by atomic mass is 19.4. The summed E-state index contributed by atoms with van der Waals surface area (Å²) in [5, 5.41) is 0. The normalized spacial score (nSPS) is 24.3. The lowest BCUT2D eigenvalue weighted by Crippen LogP contribution is -2.56. The van der Waals surface area contributed by atoms with E-state index in [4.69, 9.17) is 0 Å². The number of piperazine rings is 1. The molecular weight excluding hydrogens is 496 g/mol. The molecule has 1 aliphatic carbocycles. The monoisotopic (exact) mass is 525 g/mol. The van der Waals surface area contributed by atoms with Crippen LogP contribution in [0, 0.1) is 0 Å². The molecule has 0 N–H and O–H groups in total. The van der Waals surface area contributed by atoms with Crippen molar-refractivity contribution in [3.05, 3.63) is 70.8 Å². The molecule has 0 aromatic heterocycles. The van der Waals surface area contributed by atoms with Gasteiger partial charge in [0.15, 0.2) is 0 Å². The van der Waals surface area contributed by atoms with Crippen LogP contribution >= 0.6 is 0 Å². The van der Waals surface area contributed by atoms with Crippen molar-refractivity contribution in [2.75, 3.05) is 39.3 Å². The molecule has 3 aliphatic rings. The number of carbonyl (C=O) groups excluding carboxylic acids is 1. The zero-order valence-corrected chi connectivity index (χ0v) is 20.2. The predicted molar refractivity (Wildman–Crippen MR) is 126 cm³/mol. The van der Waals surface area contributed by atoms with Gasteiger partial charge in [0.25, 0.3) is 5.91 Å². The van der Waals surface area contributed by atoms with Crippen LogP contribution < -0.4 is 0 Å². The average molecular weight is 526 g/mol. The van der Waals surface area contributed by atoms with Gasteiger partial charge in [0.2, 0.25) is 0 Å². The Morgan fingerprint density at radius 2 is 1.30 bits per heavy atom. The van der Waals surface area contributed by atoms with E-state index in [1.165, 1.54) is 17.7 Å². The molecule has 2 heterocycles. The third-order valence-corrected chi connectivity index (χ3v) is 7.81. The second kappa shape index (κ2) is 9.94. The minimum atomic E-state index is -5.00. The van der Waals surface area contributed by atoms with Crippen molar-refractivity contribution in [3.8, 4) is 0 Å². The highest BCUT2D eigenvalue weighted by molar-refractivity contribution is 5.95. The van der Waals surface area contributed by atoms with Gasteiger partial charge in [-0.1, -0.05) is 30.3 Å². The van der Waals surface area contributed by atoms with E-state index in [0.717, 1.165) is 31.7 Å². The third-order valence-electron chi connectivity index (χ3n) is 7.81. The standard InChI is InChI=1S/C27H29F6N3O/c28-26(29,30)20-14-19(15-21(16-20)27(31,32)33)25(37)36-9-8-24(23(17-36)18-4-2-1-3-5-18)35-12-10-34(11-13-35)22-6-7-22/h1-5,14-16,22-24H,6-13,17H2. The van der Waals surface area contributed by atoms with Gasteiger partial charge >= 0.3 is 12.4 Å². The lowest BCUT2D eigenvalue weighted by molar-refractivity contribution is -0.143. The first-order valence-corrected chi connectivity index (χ1v) is 12.6. The van der Waals surface area contributed by atoms with Crippen molar-refractivity contribution in [2.24, 2.45) is 0 Å². The van der Waals surface area contributed by atoms with Gasteiger partial charge in [-0.05, 0) is 43.0 Å². The molecule has 2 aromatic rings. The van der Waals surface area contributed by atoms with Crippen LogP contribution in [0.1, 0.15) is 52.2 Å². The van der Waals surface area contributed by atoms with Crippen molar-refractivity contribution >= 4 is 5.91 Å². The number of piperidine rings is 1. The molecule has 2 aliphatic heterocycles. The molecule has 0 radical (unpaired) electrons. The largest absolute Gasteiger partial charge is 0.416 e. The van der Waals surface area contributed by atoms with Crippen LogP contribution in [0.15, 0.2) is 48.5 Å². The fourth-order valence-corrected chi connectivity index (χ4v) is 5.72. The summed E-state index contributed by atoms with van der Waals surface area (Å²) >= 11 is 0. The highest BCUT2D eigenvalue weighted by Crippen LogP contribution is 2.38. The van der Waals surface area contributed by atoms with E-state index in [9.17, 15) is 31.1 Å². The van der Waals surface area contributed by atoms with Crippen molar-refractivity contribution in [1.29, 1.82) is 0 Å². The van der Waals surface area contributed by atoms with Gasteiger partial charge < -0.3 is 4.90 Å². The number of benzene rings is 2. The summed E-state index contributed by atoms with van der Waals surface area (Å²) < 4.78 is 80.2. The fourth-order valence-electron chi connectivity index (χ4n) is 5.72. The van der Waals surface area contributed by atoms with E-state index in [1.54, 1.807) is 0 Å². The molecule has 2 saturated heterocycles. The van der Waals surface area contributed by atoms with Gasteiger partial charge in [0, 0.05) is 62.8 Å². The van der Waals surface area contributed by atoms with Gasteiger partial charge in [0.05, 0.1) is 11.1 Å². The minimum absolute atomic E-state index is 0.0526. The van der Waals surface area contributed by atoms with Crippen molar-refractivity contribution in [3.63, 3.8) is 0 Å². The number of carbonyl (C=O) groups is 1. The highest BCUT2D eigenvalue weighted by Gasteiger charge is 2.41. The zero-order chi connectivity index (χ0) is 26.4. The van der Waals surface area contributed by atoms with Crippen LogP contribution in [0.2, 0.25) is 0 Å². The van der Waals surface area contributed by atoms with E-state index in [2.05, 4.69) is 9.80 Å². The number of rotatable bonds is 4. The molecule has 3 fully saturated rings. The Labute approximate surface area is 211 Å². The van der Waals surface area contributed by atoms with Crippen LogP contribution in [0.3, 0.4) is 0 Å². The lowest BCUT2D eigenvalue weighted by Gasteiger charge is -2.47. The molecule has 4 nitrogen and oxygen atoms in total. The van der Waals surface area contributed by atoms with Gasteiger partial charge in [-0.2, -0.15) is 26.3 Å². The van der Waals surface area contributed by atoms with Crippen LogP contribution in [-0.4, -0.2) is 72.0 Å². The molecule has 1 amide bonds. The summed E-state index contributed by atoms with van der Waals surface area (Å²) in [6.45, 7) is 4.27. The second-order valence-corrected chi connectivity index (χ2v) is 10.2. The molecule has 1 saturated carbocycles. The smallest absolute Gasteiger partial charge is 0.338 e. The molecule has 37 heavy (non-hydrogen) atoms. The van der Waals surface area contributed by atoms with Gasteiger partial charge in [-0.3, -0.25) is 14.6 Å². The molecule has 10 heteroatoms. The van der Waals surface area contributed by atoms with Gasteiger partial charge in [-0.15, -0.1) is 0 Å². The maximum atomic E-state index is 13.4. The number of alkyl halides is 6. The first-order valence-electron chi connectivity index (χ1n) is 12.6. The lowest BCUT2D eigenvalue weighted by atomic mass is 9.84. The van der Waals surface area contributed by atoms with E-state index < -0.39 is 35.0 Å². The number of halogens is 6.